The zero-order valence-electron chi connectivity index (χ0n) is 16.2. The smallest absolute Gasteiger partial charge is 0.285 e. The van der Waals surface area contributed by atoms with E-state index in [-0.39, 0.29) is 37.1 Å². The van der Waals surface area contributed by atoms with Crippen LogP contribution in [0.2, 0.25) is 5.02 Å². The molecule has 1 fully saturated rings. The number of methoxy groups -OCH3 is 2. The highest BCUT2D eigenvalue weighted by molar-refractivity contribution is 8.26. The first-order valence-corrected chi connectivity index (χ1v) is 10.2. The number of thiocarbonyl (C=S) groups is 1. The number of amides is 2. The van der Waals surface area contributed by atoms with Crippen molar-refractivity contribution in [2.45, 2.75) is 6.92 Å². The topological polar surface area (TPSA) is 88.1 Å². The second kappa shape index (κ2) is 8.95. The number of aromatic hydroxyl groups is 1. The summed E-state index contributed by atoms with van der Waals surface area (Å²) in [7, 11) is 2.81. The largest absolute Gasteiger partial charge is 0.502 e. The van der Waals surface area contributed by atoms with Crippen LogP contribution >= 0.6 is 35.6 Å². The molecular weight excluding hydrogens is 448 g/mol. The molecular formula is C20H17ClN2O5S2. The lowest BCUT2D eigenvalue weighted by Gasteiger charge is -2.16. The van der Waals surface area contributed by atoms with Gasteiger partial charge in [-0.15, -0.1) is 0 Å². The van der Waals surface area contributed by atoms with Gasteiger partial charge in [0, 0.05) is 0 Å². The molecule has 2 N–H and O–H groups in total. The Kier molecular flexibility index (Phi) is 6.55. The second-order valence-electron chi connectivity index (χ2n) is 6.22. The number of ether oxygens (including phenoxy) is 2. The maximum atomic E-state index is 12.8. The van der Waals surface area contributed by atoms with Gasteiger partial charge in [-0.1, -0.05) is 29.4 Å². The molecule has 0 radical (unpaired) electrons. The van der Waals surface area contributed by atoms with Crippen molar-refractivity contribution in [3.8, 4) is 17.2 Å². The summed E-state index contributed by atoms with van der Waals surface area (Å²) in [6.07, 6.45) is 1.56. The molecule has 0 aromatic heterocycles. The van der Waals surface area contributed by atoms with Gasteiger partial charge in [-0.25, -0.2) is 0 Å². The number of rotatable bonds is 5. The van der Waals surface area contributed by atoms with Crippen LogP contribution < -0.4 is 14.9 Å². The van der Waals surface area contributed by atoms with Crippen molar-refractivity contribution in [2.24, 2.45) is 0 Å². The Bertz CT molecular complexity index is 1060. The fourth-order valence-electron chi connectivity index (χ4n) is 2.68. The van der Waals surface area contributed by atoms with Crippen LogP contribution in [0.5, 0.6) is 17.2 Å². The highest BCUT2D eigenvalue weighted by atomic mass is 35.5. The lowest BCUT2D eigenvalue weighted by atomic mass is 10.1. The Morgan fingerprint density at radius 3 is 2.43 bits per heavy atom. The van der Waals surface area contributed by atoms with Gasteiger partial charge in [0.1, 0.15) is 0 Å². The van der Waals surface area contributed by atoms with Gasteiger partial charge < -0.3 is 14.6 Å². The summed E-state index contributed by atoms with van der Waals surface area (Å²) < 4.78 is 10.4. The number of nitrogens with one attached hydrogen (secondary N) is 1. The van der Waals surface area contributed by atoms with Crippen LogP contribution in [0.3, 0.4) is 0 Å². The molecule has 0 bridgehead atoms. The highest BCUT2D eigenvalue weighted by Crippen LogP contribution is 2.39. The van der Waals surface area contributed by atoms with E-state index < -0.39 is 11.8 Å². The molecule has 2 aromatic rings. The van der Waals surface area contributed by atoms with E-state index in [9.17, 15) is 14.7 Å². The van der Waals surface area contributed by atoms with Gasteiger partial charge in [0.25, 0.3) is 11.8 Å². The SMILES string of the molecule is COc1cc(/C=C2\SC(=S)N(NC(=O)c3ccc(C)cc3Cl)C2=O)cc(OC)c1O. The van der Waals surface area contributed by atoms with Crippen LogP contribution in [0, 0.1) is 6.92 Å². The molecule has 0 unspecified atom stereocenters. The average Bonchev–Trinajstić information content (AvgIpc) is 2.96. The van der Waals surface area contributed by atoms with Crippen LogP contribution in [0.4, 0.5) is 0 Å². The van der Waals surface area contributed by atoms with E-state index in [0.717, 1.165) is 22.3 Å². The normalized spacial score (nSPS) is 14.9. The zero-order valence-corrected chi connectivity index (χ0v) is 18.6. The molecule has 1 aliphatic rings. The van der Waals surface area contributed by atoms with Crippen molar-refractivity contribution in [2.75, 3.05) is 14.2 Å². The lowest BCUT2D eigenvalue weighted by Crippen LogP contribution is -2.44. The zero-order chi connectivity index (χ0) is 22.0. The number of aryl methyl sites for hydroxylation is 1. The number of hydrogen-bond acceptors (Lipinski definition) is 7. The standard InChI is InChI=1S/C20H17ClN2O5S2/c1-10-4-5-12(13(21)6-10)18(25)22-23-19(26)16(30-20(23)29)9-11-7-14(27-2)17(24)15(8-11)28-3/h4-9,24H,1-3H3,(H,22,25)/b16-9-. The number of thioether (sulfide) groups is 1. The molecule has 30 heavy (non-hydrogen) atoms. The van der Waals surface area contributed by atoms with Crippen molar-refractivity contribution >= 4 is 57.8 Å². The van der Waals surface area contributed by atoms with Gasteiger partial charge in [-0.05, 0) is 60.6 Å². The van der Waals surface area contributed by atoms with Crippen molar-refractivity contribution in [3.63, 3.8) is 0 Å². The third-order valence-corrected chi connectivity index (χ3v) is 5.79. The quantitative estimate of drug-likeness (QED) is 0.512. The van der Waals surface area contributed by atoms with E-state index in [0.29, 0.717) is 5.56 Å². The summed E-state index contributed by atoms with van der Waals surface area (Å²) in [5.74, 6) is -0.804. The molecule has 10 heteroatoms. The van der Waals surface area contributed by atoms with Crippen molar-refractivity contribution in [3.05, 3.63) is 56.9 Å². The van der Waals surface area contributed by atoms with Gasteiger partial charge in [0.2, 0.25) is 5.75 Å². The molecule has 7 nitrogen and oxygen atoms in total. The molecule has 1 saturated heterocycles. The molecule has 3 rings (SSSR count). The van der Waals surface area contributed by atoms with Crippen molar-refractivity contribution in [1.82, 2.24) is 10.4 Å². The maximum Gasteiger partial charge on any atom is 0.285 e. The van der Waals surface area contributed by atoms with Crippen molar-refractivity contribution in [1.29, 1.82) is 0 Å². The Hall–Kier alpha value is -2.75. The van der Waals surface area contributed by atoms with Gasteiger partial charge in [-0.3, -0.25) is 15.0 Å². The number of phenolic OH excluding ortho intramolecular Hbond substituents is 1. The number of benzene rings is 2. The molecule has 156 valence electrons. The fraction of sp³-hybridized carbons (Fsp3) is 0.150. The lowest BCUT2D eigenvalue weighted by molar-refractivity contribution is -0.123. The Morgan fingerprint density at radius 2 is 1.87 bits per heavy atom. The van der Waals surface area contributed by atoms with E-state index in [2.05, 4.69) is 5.43 Å². The van der Waals surface area contributed by atoms with E-state index in [1.165, 1.54) is 14.2 Å². The summed E-state index contributed by atoms with van der Waals surface area (Å²) in [6.45, 7) is 1.85. The number of phenols is 1. The minimum absolute atomic E-state index is 0.146. The molecule has 1 heterocycles. The van der Waals surface area contributed by atoms with Gasteiger partial charge in [-0.2, -0.15) is 5.01 Å². The van der Waals surface area contributed by atoms with Gasteiger partial charge in [0.15, 0.2) is 15.8 Å². The number of carbonyl (C=O) groups is 2. The number of halogens is 1. The third-order valence-electron chi connectivity index (χ3n) is 4.18. The van der Waals surface area contributed by atoms with E-state index in [4.69, 9.17) is 33.3 Å². The van der Waals surface area contributed by atoms with E-state index in [1.54, 1.807) is 36.4 Å². The average molecular weight is 465 g/mol. The van der Waals surface area contributed by atoms with E-state index in [1.807, 2.05) is 6.92 Å². The maximum absolute atomic E-state index is 12.8. The summed E-state index contributed by atoms with van der Waals surface area (Å²) in [5.41, 5.74) is 4.18. The molecule has 2 amide bonds. The Balaban J connectivity index is 1.85. The predicted octanol–water partition coefficient (Wildman–Crippen LogP) is 3.92. The predicted molar refractivity (Wildman–Crippen MR) is 120 cm³/mol. The number of hydrogen-bond donors (Lipinski definition) is 2. The molecule has 0 saturated carbocycles. The minimum Gasteiger partial charge on any atom is -0.502 e. The first-order chi connectivity index (χ1) is 14.2. The van der Waals surface area contributed by atoms with Gasteiger partial charge >= 0.3 is 0 Å². The Labute approximate surface area is 187 Å². The van der Waals surface area contributed by atoms with Crippen LogP contribution in [0.1, 0.15) is 21.5 Å². The minimum atomic E-state index is -0.550. The Morgan fingerprint density at radius 1 is 1.23 bits per heavy atom. The first-order valence-electron chi connectivity index (χ1n) is 8.55. The number of nitrogens with zero attached hydrogens (tertiary/aromatic N) is 1. The molecule has 1 aliphatic heterocycles. The van der Waals surface area contributed by atoms with Crippen LogP contribution in [-0.4, -0.2) is 40.5 Å². The monoisotopic (exact) mass is 464 g/mol. The number of hydrazine groups is 1. The van der Waals surface area contributed by atoms with E-state index >= 15 is 0 Å². The number of carbonyl (C=O) groups excluding carboxylic acids is 2. The summed E-state index contributed by atoms with van der Waals surface area (Å²) in [6, 6.07) is 8.09. The fourth-order valence-corrected chi connectivity index (χ4v) is 4.18. The summed E-state index contributed by atoms with van der Waals surface area (Å²) in [4.78, 5) is 25.6. The van der Waals surface area contributed by atoms with Crippen molar-refractivity contribution < 1.29 is 24.2 Å². The van der Waals surface area contributed by atoms with Crippen LogP contribution in [0.25, 0.3) is 6.08 Å². The third kappa shape index (κ3) is 4.38. The summed E-state index contributed by atoms with van der Waals surface area (Å²) >= 11 is 12.4. The van der Waals surface area contributed by atoms with Crippen LogP contribution in [-0.2, 0) is 4.79 Å². The van der Waals surface area contributed by atoms with Gasteiger partial charge in [0.05, 0.1) is 29.7 Å². The molecule has 0 atom stereocenters. The highest BCUT2D eigenvalue weighted by Gasteiger charge is 2.34. The molecule has 2 aromatic carbocycles. The van der Waals surface area contributed by atoms with Crippen LogP contribution in [0.15, 0.2) is 35.2 Å². The molecule has 0 spiro atoms. The summed E-state index contributed by atoms with van der Waals surface area (Å²) in [5, 5.41) is 11.3. The molecule has 0 aliphatic carbocycles. The second-order valence-corrected chi connectivity index (χ2v) is 8.30. The first kappa shape index (κ1) is 21.9.